The van der Waals surface area contributed by atoms with Crippen LogP contribution in [0.1, 0.15) is 69.4 Å². The molecule has 21 heavy (non-hydrogen) atoms. The van der Waals surface area contributed by atoms with Crippen LogP contribution in [-0.2, 0) is 4.74 Å². The minimum atomic E-state index is -0.469. The molecule has 0 radical (unpaired) electrons. The van der Waals surface area contributed by atoms with E-state index in [-0.39, 0.29) is 12.0 Å². The van der Waals surface area contributed by atoms with Gasteiger partial charge in [-0.25, -0.2) is 4.79 Å². The lowest BCUT2D eigenvalue weighted by Gasteiger charge is -2.45. The summed E-state index contributed by atoms with van der Waals surface area (Å²) in [7, 11) is 0. The van der Waals surface area contributed by atoms with Crippen LogP contribution in [-0.4, -0.2) is 11.6 Å². The Morgan fingerprint density at radius 3 is 2.19 bits per heavy atom. The summed E-state index contributed by atoms with van der Waals surface area (Å²) in [5.74, 6) is 0.264. The molecule has 0 aliphatic heterocycles. The highest BCUT2D eigenvalue weighted by atomic mass is 16.6. The molecule has 1 aromatic rings. The molecule has 0 heterocycles. The van der Waals surface area contributed by atoms with Gasteiger partial charge in [-0.2, -0.15) is 0 Å². The van der Waals surface area contributed by atoms with Crippen LogP contribution in [0.15, 0.2) is 24.3 Å². The largest absolute Gasteiger partial charge is 0.456 e. The monoisotopic (exact) mass is 289 g/mol. The number of rotatable bonds is 3. The van der Waals surface area contributed by atoms with Crippen molar-refractivity contribution in [1.82, 2.24) is 0 Å². The third-order valence-electron chi connectivity index (χ3n) is 4.07. The number of carbonyl (C=O) groups is 1. The van der Waals surface area contributed by atoms with E-state index in [1.807, 2.05) is 45.0 Å². The SMILES string of the molecule is CC1(C)CC([C@H](N)c2ccc(C(=O)OC(C)(C)C)cc2)C1. The molecule has 1 aromatic carbocycles. The van der Waals surface area contributed by atoms with Crippen molar-refractivity contribution < 1.29 is 9.53 Å². The zero-order valence-electron chi connectivity index (χ0n) is 13.8. The smallest absolute Gasteiger partial charge is 0.338 e. The molecular formula is C18H27NO2. The van der Waals surface area contributed by atoms with Crippen LogP contribution in [0.4, 0.5) is 0 Å². The first kappa shape index (κ1) is 16.0. The van der Waals surface area contributed by atoms with Gasteiger partial charge in [-0.3, -0.25) is 0 Å². The van der Waals surface area contributed by atoms with Gasteiger partial charge in [0.15, 0.2) is 0 Å². The highest BCUT2D eigenvalue weighted by Gasteiger charge is 2.39. The summed E-state index contributed by atoms with van der Waals surface area (Å²) in [6.45, 7) is 10.2. The van der Waals surface area contributed by atoms with Crippen LogP contribution in [0.5, 0.6) is 0 Å². The van der Waals surface area contributed by atoms with Gasteiger partial charge in [-0.1, -0.05) is 26.0 Å². The van der Waals surface area contributed by atoms with Crippen molar-refractivity contribution in [2.24, 2.45) is 17.1 Å². The van der Waals surface area contributed by atoms with Crippen LogP contribution >= 0.6 is 0 Å². The quantitative estimate of drug-likeness (QED) is 0.853. The lowest BCUT2D eigenvalue weighted by molar-refractivity contribution is 0.00695. The average molecular weight is 289 g/mol. The summed E-state index contributed by atoms with van der Waals surface area (Å²) in [5.41, 5.74) is 7.97. The Morgan fingerprint density at radius 1 is 1.24 bits per heavy atom. The number of carbonyl (C=O) groups excluding carboxylic acids is 1. The third kappa shape index (κ3) is 4.07. The van der Waals surface area contributed by atoms with Crippen LogP contribution < -0.4 is 5.73 Å². The van der Waals surface area contributed by atoms with E-state index in [2.05, 4.69) is 13.8 Å². The van der Waals surface area contributed by atoms with E-state index in [1.54, 1.807) is 0 Å². The second kappa shape index (κ2) is 5.45. The molecule has 1 saturated carbocycles. The van der Waals surface area contributed by atoms with Crippen LogP contribution in [0, 0.1) is 11.3 Å². The Balaban J connectivity index is 2.01. The van der Waals surface area contributed by atoms with Crippen LogP contribution in [0.2, 0.25) is 0 Å². The van der Waals surface area contributed by atoms with E-state index in [9.17, 15) is 4.79 Å². The van der Waals surface area contributed by atoms with Gasteiger partial charge in [0.05, 0.1) is 5.56 Å². The summed E-state index contributed by atoms with van der Waals surface area (Å²) in [6.07, 6.45) is 2.34. The van der Waals surface area contributed by atoms with E-state index in [0.717, 1.165) is 5.56 Å². The predicted octanol–water partition coefficient (Wildman–Crippen LogP) is 4.08. The Kier molecular flexibility index (Phi) is 4.16. The molecule has 3 nitrogen and oxygen atoms in total. The van der Waals surface area contributed by atoms with Gasteiger partial charge in [0, 0.05) is 6.04 Å². The number of benzene rings is 1. The molecule has 0 bridgehead atoms. The molecular weight excluding hydrogens is 262 g/mol. The molecule has 0 unspecified atom stereocenters. The normalized spacial score (nSPS) is 19.7. The van der Waals surface area contributed by atoms with Gasteiger partial charge in [0.25, 0.3) is 0 Å². The van der Waals surface area contributed by atoms with Crippen molar-refractivity contribution >= 4 is 5.97 Å². The number of ether oxygens (including phenoxy) is 1. The van der Waals surface area contributed by atoms with E-state index in [1.165, 1.54) is 12.8 Å². The van der Waals surface area contributed by atoms with Crippen molar-refractivity contribution in [2.75, 3.05) is 0 Å². The maximum atomic E-state index is 12.0. The minimum Gasteiger partial charge on any atom is -0.456 e. The Labute approximate surface area is 127 Å². The zero-order chi connectivity index (χ0) is 15.8. The lowest BCUT2D eigenvalue weighted by atomic mass is 9.61. The molecule has 1 fully saturated rings. The van der Waals surface area contributed by atoms with E-state index >= 15 is 0 Å². The second-order valence-corrected chi connectivity index (χ2v) is 7.98. The molecule has 116 valence electrons. The van der Waals surface area contributed by atoms with Crippen molar-refractivity contribution in [3.63, 3.8) is 0 Å². The van der Waals surface area contributed by atoms with Crippen molar-refractivity contribution in [2.45, 2.75) is 59.1 Å². The summed E-state index contributed by atoms with van der Waals surface area (Å²) in [6, 6.07) is 7.59. The number of hydrogen-bond acceptors (Lipinski definition) is 3. The van der Waals surface area contributed by atoms with Gasteiger partial charge in [0.1, 0.15) is 5.60 Å². The molecule has 3 heteroatoms. The fourth-order valence-electron chi connectivity index (χ4n) is 3.06. The van der Waals surface area contributed by atoms with Crippen LogP contribution in [0.3, 0.4) is 0 Å². The maximum Gasteiger partial charge on any atom is 0.338 e. The number of nitrogens with two attached hydrogens (primary N) is 1. The molecule has 1 atom stereocenters. The summed E-state index contributed by atoms with van der Waals surface area (Å²) < 4.78 is 5.36. The topological polar surface area (TPSA) is 52.3 Å². The van der Waals surface area contributed by atoms with E-state index < -0.39 is 5.60 Å². The fraction of sp³-hybridized carbons (Fsp3) is 0.611. The maximum absolute atomic E-state index is 12.0. The molecule has 1 aliphatic carbocycles. The van der Waals surface area contributed by atoms with Gasteiger partial charge in [-0.05, 0) is 62.6 Å². The molecule has 0 spiro atoms. The van der Waals surface area contributed by atoms with Gasteiger partial charge < -0.3 is 10.5 Å². The average Bonchev–Trinajstić information content (AvgIpc) is 2.33. The Bertz CT molecular complexity index is 503. The molecule has 0 saturated heterocycles. The Hall–Kier alpha value is -1.35. The minimum absolute atomic E-state index is 0.0608. The molecule has 1 aliphatic rings. The molecule has 0 aromatic heterocycles. The lowest BCUT2D eigenvalue weighted by Crippen LogP contribution is -2.38. The molecule has 2 rings (SSSR count). The van der Waals surface area contributed by atoms with Crippen molar-refractivity contribution in [3.8, 4) is 0 Å². The predicted molar refractivity (Wildman–Crippen MR) is 85.0 cm³/mol. The van der Waals surface area contributed by atoms with Gasteiger partial charge >= 0.3 is 5.97 Å². The molecule has 2 N–H and O–H groups in total. The fourth-order valence-corrected chi connectivity index (χ4v) is 3.06. The summed E-state index contributed by atoms with van der Waals surface area (Å²) in [5, 5.41) is 0. The first-order valence-corrected chi connectivity index (χ1v) is 7.66. The van der Waals surface area contributed by atoms with Crippen molar-refractivity contribution in [3.05, 3.63) is 35.4 Å². The van der Waals surface area contributed by atoms with Gasteiger partial charge in [0.2, 0.25) is 0 Å². The number of esters is 1. The third-order valence-corrected chi connectivity index (χ3v) is 4.07. The summed E-state index contributed by atoms with van der Waals surface area (Å²) in [4.78, 5) is 12.0. The Morgan fingerprint density at radius 2 is 1.76 bits per heavy atom. The van der Waals surface area contributed by atoms with Crippen LogP contribution in [0.25, 0.3) is 0 Å². The first-order valence-electron chi connectivity index (χ1n) is 7.66. The standard InChI is InChI=1S/C18H27NO2/c1-17(2,3)21-16(20)13-8-6-12(7-9-13)15(19)14-10-18(4,5)11-14/h6-9,14-15H,10-11,19H2,1-5H3/t15-/m1/s1. The first-order chi connectivity index (χ1) is 9.57. The van der Waals surface area contributed by atoms with Crippen molar-refractivity contribution in [1.29, 1.82) is 0 Å². The van der Waals surface area contributed by atoms with E-state index in [4.69, 9.17) is 10.5 Å². The number of hydrogen-bond donors (Lipinski definition) is 1. The zero-order valence-corrected chi connectivity index (χ0v) is 13.8. The second-order valence-electron chi connectivity index (χ2n) is 7.98. The highest BCUT2D eigenvalue weighted by molar-refractivity contribution is 5.89. The van der Waals surface area contributed by atoms with E-state index in [0.29, 0.717) is 16.9 Å². The molecule has 0 amide bonds. The summed E-state index contributed by atoms with van der Waals surface area (Å²) >= 11 is 0. The highest BCUT2D eigenvalue weighted by Crippen LogP contribution is 2.49. The van der Waals surface area contributed by atoms with Gasteiger partial charge in [-0.15, -0.1) is 0 Å².